The molecule has 0 spiro atoms. The van der Waals surface area contributed by atoms with Gasteiger partial charge in [0.1, 0.15) is 6.04 Å². The van der Waals surface area contributed by atoms with Gasteiger partial charge in [0.15, 0.2) is 0 Å². The predicted molar refractivity (Wildman–Crippen MR) is 127 cm³/mol. The minimum absolute atomic E-state index is 0. The van der Waals surface area contributed by atoms with E-state index in [1.807, 2.05) is 13.8 Å². The van der Waals surface area contributed by atoms with Crippen LogP contribution < -0.4 is 45.7 Å². The van der Waals surface area contributed by atoms with Crippen LogP contribution in [0.1, 0.15) is 46.5 Å². The van der Waals surface area contributed by atoms with Gasteiger partial charge in [-0.2, -0.15) is 0 Å². The van der Waals surface area contributed by atoms with Gasteiger partial charge in [-0.05, 0) is 40.3 Å². The number of amides is 3. The van der Waals surface area contributed by atoms with Gasteiger partial charge < -0.3 is 31.2 Å². The first-order valence-electron chi connectivity index (χ1n) is 9.09. The van der Waals surface area contributed by atoms with Crippen LogP contribution in [0.15, 0.2) is 0 Å². The third kappa shape index (κ3) is 29.2. The molecule has 1 saturated heterocycles. The number of aliphatic carboxylic acids is 3. The fraction of sp³-hybridized carbons (Fsp3) is 0.647. The Morgan fingerprint density at radius 1 is 1.27 bits per heavy atom. The number of halogens is 1. The molecule has 0 aromatic carbocycles. The van der Waals surface area contributed by atoms with E-state index in [9.17, 15) is 33.9 Å². The fourth-order valence-corrected chi connectivity index (χ4v) is 1.56. The van der Waals surface area contributed by atoms with E-state index >= 15 is 0 Å². The molecule has 5 N–H and O–H groups in total. The van der Waals surface area contributed by atoms with Gasteiger partial charge >= 0.3 is 41.5 Å². The molecule has 1 fully saturated rings. The van der Waals surface area contributed by atoms with E-state index in [-0.39, 0.29) is 66.0 Å². The molecule has 16 heteroatoms. The quantitative estimate of drug-likeness (QED) is 0.0999. The molecule has 33 heavy (non-hydrogen) atoms. The van der Waals surface area contributed by atoms with Crippen LogP contribution in [0, 0.1) is 5.92 Å². The second kappa shape index (κ2) is 27.5. The van der Waals surface area contributed by atoms with E-state index in [2.05, 4.69) is 39.2 Å². The summed E-state index contributed by atoms with van der Waals surface area (Å²) in [5.74, 6) is -4.19. The van der Waals surface area contributed by atoms with Crippen molar-refractivity contribution in [3.8, 4) is 0 Å². The van der Waals surface area contributed by atoms with Crippen molar-refractivity contribution < 1.29 is 73.6 Å². The van der Waals surface area contributed by atoms with Gasteiger partial charge in [-0.3, -0.25) is 28.9 Å². The topological polar surface area (TPSA) is 207 Å². The fourth-order valence-electron chi connectivity index (χ4n) is 1.56. The largest absolute Gasteiger partial charge is 1.00 e. The van der Waals surface area contributed by atoms with Crippen molar-refractivity contribution in [2.75, 3.05) is 14.1 Å². The van der Waals surface area contributed by atoms with Crippen molar-refractivity contribution in [2.45, 2.75) is 52.5 Å². The van der Waals surface area contributed by atoms with Crippen molar-refractivity contribution in [1.29, 1.82) is 0 Å². The summed E-state index contributed by atoms with van der Waals surface area (Å²) in [6.45, 7) is 5.77. The van der Waals surface area contributed by atoms with Crippen LogP contribution >= 0.6 is 27.0 Å². The minimum atomic E-state index is -1.29. The van der Waals surface area contributed by atoms with Gasteiger partial charge in [-0.25, -0.2) is 0 Å². The van der Waals surface area contributed by atoms with Crippen LogP contribution in [-0.2, 0) is 40.6 Å². The molecule has 0 saturated carbocycles. The van der Waals surface area contributed by atoms with Gasteiger partial charge in [-0.1, -0.05) is 20.8 Å². The summed E-state index contributed by atoms with van der Waals surface area (Å²) in [4.78, 5) is 63.3. The van der Waals surface area contributed by atoms with E-state index in [1.165, 1.54) is 19.0 Å². The zero-order valence-electron chi connectivity index (χ0n) is 19.5. The monoisotopic (exact) mass is 633 g/mol. The molecule has 0 aliphatic carbocycles. The molecule has 186 valence electrons. The van der Waals surface area contributed by atoms with Crippen LogP contribution in [-0.4, -0.2) is 70.9 Å². The van der Waals surface area contributed by atoms with E-state index in [0.717, 1.165) is 5.00 Å². The standard InChI is InChI=1S/C6H9NO2.C5H9NO3.C4H7NO4.C2H6.IPS.Na/c1-4-3-5(8)7(2)6(4)9;1-6-4(7)2-3-5(8)9;5-2(4(8)9)1-3(6)7;1-2;1-2-3;/h4H,3H2,1-2H3;2-3H2,1H3,(H,6,7)(H,8,9);2H,1,5H2,(H,6,7)(H,8,9);1-2H3;;/q;;;;;+1/p-1. The SMILES string of the molecule is CC.CC1CC(=O)N(C)C1=O.CNC(=O)CCC(=O)[O-].NC(CC(=O)O)C(=O)O.S=PI.[Na+]. The van der Waals surface area contributed by atoms with Crippen LogP contribution in [0.25, 0.3) is 0 Å². The van der Waals surface area contributed by atoms with Crippen molar-refractivity contribution in [1.82, 2.24) is 10.2 Å². The molecular weight excluding hydrogens is 603 g/mol. The van der Waals surface area contributed by atoms with Crippen molar-refractivity contribution in [3.63, 3.8) is 0 Å². The van der Waals surface area contributed by atoms with Crippen LogP contribution in [0.4, 0.5) is 0 Å². The van der Waals surface area contributed by atoms with Crippen molar-refractivity contribution >= 4 is 74.5 Å². The molecule has 12 nitrogen and oxygen atoms in total. The second-order valence-corrected chi connectivity index (χ2v) is 9.65. The van der Waals surface area contributed by atoms with Gasteiger partial charge in [-0.15, -0.1) is 0 Å². The summed E-state index contributed by atoms with van der Waals surface area (Å²) in [6, 6.07) is -1.29. The number of carbonyl (C=O) groups is 6. The van der Waals surface area contributed by atoms with E-state index in [4.69, 9.17) is 15.9 Å². The first-order chi connectivity index (χ1) is 14.7. The van der Waals surface area contributed by atoms with E-state index < -0.39 is 30.4 Å². The molecule has 0 radical (unpaired) electrons. The number of carbonyl (C=O) groups excluding carboxylic acids is 4. The first-order valence-corrected chi connectivity index (χ1v) is 13.8. The normalized spacial score (nSPS) is 14.2. The molecule has 2 atom stereocenters. The maximum absolute atomic E-state index is 10.8. The van der Waals surface area contributed by atoms with Crippen molar-refractivity contribution in [3.05, 3.63) is 0 Å². The number of likely N-dealkylation sites (tertiary alicyclic amines) is 1. The zero-order valence-corrected chi connectivity index (χ0v) is 25.4. The maximum Gasteiger partial charge on any atom is 1.00 e. The molecule has 1 aliphatic rings. The summed E-state index contributed by atoms with van der Waals surface area (Å²) in [5.41, 5.74) is 4.84. The first kappa shape index (κ1) is 42.4. The summed E-state index contributed by atoms with van der Waals surface area (Å²) >= 11 is 6.43. The van der Waals surface area contributed by atoms with Gasteiger partial charge in [0.25, 0.3) is 0 Å². The van der Waals surface area contributed by atoms with Gasteiger partial charge in [0.05, 0.1) is 6.42 Å². The Bertz CT molecular complexity index is 641. The number of nitrogens with one attached hydrogen (secondary N) is 1. The Morgan fingerprint density at radius 2 is 1.70 bits per heavy atom. The van der Waals surface area contributed by atoms with E-state index in [1.54, 1.807) is 6.92 Å². The number of carboxylic acids is 3. The smallest absolute Gasteiger partial charge is 0.550 e. The van der Waals surface area contributed by atoms with Crippen LogP contribution in [0.3, 0.4) is 0 Å². The molecule has 1 aliphatic heterocycles. The number of hydrogen-bond acceptors (Lipinski definition) is 9. The number of imide groups is 1. The number of hydrogen-bond donors (Lipinski definition) is 4. The molecule has 2 unspecified atom stereocenters. The average molecular weight is 633 g/mol. The molecule has 1 rings (SSSR count). The summed E-state index contributed by atoms with van der Waals surface area (Å²) in [6.07, 6.45) is -0.358. The number of rotatable bonds is 6. The molecule has 3 amide bonds. The van der Waals surface area contributed by atoms with Gasteiger partial charge in [0, 0.05) is 43.8 Å². The van der Waals surface area contributed by atoms with Crippen LogP contribution in [0.5, 0.6) is 0 Å². The number of nitrogens with zero attached hydrogens (tertiary/aromatic N) is 1. The molecule has 0 aromatic heterocycles. The third-order valence-electron chi connectivity index (χ3n) is 3.15. The van der Waals surface area contributed by atoms with E-state index in [0.29, 0.717) is 6.42 Å². The average Bonchev–Trinajstić information content (AvgIpc) is 2.94. The van der Waals surface area contributed by atoms with Crippen LogP contribution in [0.2, 0.25) is 0 Å². The Kier molecular flexibility index (Phi) is 35.3. The summed E-state index contributed by atoms with van der Waals surface area (Å²) in [5, 5.41) is 28.1. The summed E-state index contributed by atoms with van der Waals surface area (Å²) < 4.78 is 0. The Balaban J connectivity index is -0.000000106. The predicted octanol–water partition coefficient (Wildman–Crippen LogP) is -3.08. The number of nitrogens with two attached hydrogens (primary N) is 1. The third-order valence-corrected chi connectivity index (χ3v) is 3.15. The Labute approximate surface area is 235 Å². The molecule has 0 aromatic rings. The molecular formula is C17H30IN3NaO9PS. The molecule has 0 bridgehead atoms. The minimum Gasteiger partial charge on any atom is -0.550 e. The summed E-state index contributed by atoms with van der Waals surface area (Å²) in [7, 11) is 2.98. The maximum atomic E-state index is 10.8. The zero-order chi connectivity index (χ0) is 26.4. The van der Waals surface area contributed by atoms with Gasteiger partial charge in [0.2, 0.25) is 17.7 Å². The molecule has 1 heterocycles. The second-order valence-electron chi connectivity index (χ2n) is 5.55. The Hall–Kier alpha value is -0.770. The Morgan fingerprint density at radius 3 is 1.85 bits per heavy atom. The number of carboxylic acid groups (broad SMARTS) is 3. The van der Waals surface area contributed by atoms with Crippen molar-refractivity contribution in [2.24, 2.45) is 11.7 Å².